The maximum Gasteiger partial charge on any atom is 0.238 e. The van der Waals surface area contributed by atoms with Gasteiger partial charge in [0.15, 0.2) is 5.79 Å². The Morgan fingerprint density at radius 3 is 2.31 bits per heavy atom. The highest BCUT2D eigenvalue weighted by atomic mass is 35.7. The minimum Gasteiger partial charge on any atom is -0.366 e. The van der Waals surface area contributed by atoms with E-state index >= 15 is 0 Å². The van der Waals surface area contributed by atoms with Gasteiger partial charge in [0.05, 0.1) is 11.4 Å². The summed E-state index contributed by atoms with van der Waals surface area (Å²) in [6, 6.07) is 0. The monoisotopic (exact) mass is 270 g/mol. The van der Waals surface area contributed by atoms with Gasteiger partial charge in [0, 0.05) is 10.7 Å². The lowest BCUT2D eigenvalue weighted by atomic mass is 10.1. The van der Waals surface area contributed by atoms with Crippen molar-refractivity contribution in [1.29, 1.82) is 0 Å². The molecular formula is C10H19ClO4S. The molecule has 1 aliphatic carbocycles. The van der Waals surface area contributed by atoms with Gasteiger partial charge in [-0.15, -0.1) is 0 Å². The smallest absolute Gasteiger partial charge is 0.238 e. The number of hydrogen-bond donors (Lipinski definition) is 1. The molecule has 96 valence electrons. The van der Waals surface area contributed by atoms with E-state index in [-0.39, 0.29) is 5.92 Å². The van der Waals surface area contributed by atoms with Crippen molar-refractivity contribution < 1.29 is 18.3 Å². The topological polar surface area (TPSA) is 63.6 Å². The molecule has 1 saturated carbocycles. The van der Waals surface area contributed by atoms with E-state index in [4.69, 9.17) is 15.4 Å². The Bertz CT molecular complexity index is 340. The van der Waals surface area contributed by atoms with Gasteiger partial charge in [-0.05, 0) is 39.0 Å². The Labute approximate surface area is 101 Å². The van der Waals surface area contributed by atoms with Crippen molar-refractivity contribution in [2.24, 2.45) is 5.92 Å². The van der Waals surface area contributed by atoms with E-state index in [9.17, 15) is 13.5 Å². The molecule has 0 aromatic heterocycles. The van der Waals surface area contributed by atoms with Gasteiger partial charge in [-0.3, -0.25) is 0 Å². The van der Waals surface area contributed by atoms with Gasteiger partial charge in [0.2, 0.25) is 9.05 Å². The van der Waals surface area contributed by atoms with Crippen LogP contribution in [0.5, 0.6) is 0 Å². The highest BCUT2D eigenvalue weighted by Gasteiger charge is 2.54. The van der Waals surface area contributed by atoms with Crippen molar-refractivity contribution in [2.45, 2.75) is 50.6 Å². The van der Waals surface area contributed by atoms with Gasteiger partial charge in [-0.25, -0.2) is 8.42 Å². The number of aliphatic hydroxyl groups is 1. The van der Waals surface area contributed by atoms with Gasteiger partial charge < -0.3 is 9.84 Å². The van der Waals surface area contributed by atoms with Gasteiger partial charge in [0.25, 0.3) is 0 Å². The molecule has 0 unspecified atom stereocenters. The lowest BCUT2D eigenvalue weighted by Gasteiger charge is -2.23. The summed E-state index contributed by atoms with van der Waals surface area (Å²) < 4.78 is 27.1. The molecule has 0 amide bonds. The average molecular weight is 271 g/mol. The maximum absolute atomic E-state index is 11.3. The molecule has 0 radical (unpaired) electrons. The second-order valence-corrected chi connectivity index (χ2v) is 8.15. The summed E-state index contributed by atoms with van der Waals surface area (Å²) in [5.74, 6) is -1.12. The minimum absolute atomic E-state index is 0.0578. The Morgan fingerprint density at radius 1 is 1.50 bits per heavy atom. The second-order valence-electron chi connectivity index (χ2n) is 5.19. The summed E-state index contributed by atoms with van der Waals surface area (Å²) in [5, 5.41) is 9.37. The molecule has 1 N–H and O–H groups in total. The zero-order chi connectivity index (χ0) is 12.6. The Morgan fingerprint density at radius 2 is 2.00 bits per heavy atom. The summed E-state index contributed by atoms with van der Waals surface area (Å²) in [4.78, 5) is 0. The van der Waals surface area contributed by atoms with Gasteiger partial charge in [-0.1, -0.05) is 6.92 Å². The number of rotatable bonds is 6. The first-order chi connectivity index (χ1) is 7.06. The van der Waals surface area contributed by atoms with Crippen molar-refractivity contribution in [3.05, 3.63) is 0 Å². The highest BCUT2D eigenvalue weighted by Crippen LogP contribution is 2.50. The molecule has 0 heterocycles. The van der Waals surface area contributed by atoms with Crippen LogP contribution in [0.15, 0.2) is 0 Å². The van der Waals surface area contributed by atoms with Gasteiger partial charge in [-0.2, -0.15) is 0 Å². The number of ether oxygens (including phenoxy) is 1. The van der Waals surface area contributed by atoms with E-state index in [1.54, 1.807) is 13.8 Å². The SMILES string of the molecule is C[C@H](COC(C)(C)O)CC1(S(=O)(=O)Cl)CC1. The normalized spacial score (nSPS) is 21.8. The fourth-order valence-corrected chi connectivity index (χ4v) is 3.45. The lowest BCUT2D eigenvalue weighted by Crippen LogP contribution is -2.29. The molecule has 4 nitrogen and oxygen atoms in total. The molecule has 1 rings (SSSR count). The molecule has 16 heavy (non-hydrogen) atoms. The summed E-state index contributed by atoms with van der Waals surface area (Å²) in [5.41, 5.74) is 0. The maximum atomic E-state index is 11.3. The van der Waals surface area contributed by atoms with Crippen molar-refractivity contribution in [2.75, 3.05) is 6.61 Å². The molecule has 0 aliphatic heterocycles. The Hall–Kier alpha value is 0.160. The van der Waals surface area contributed by atoms with Crippen LogP contribution in [-0.2, 0) is 13.8 Å². The quantitative estimate of drug-likeness (QED) is 0.591. The fraction of sp³-hybridized carbons (Fsp3) is 1.00. The van der Waals surface area contributed by atoms with Crippen LogP contribution in [0.25, 0.3) is 0 Å². The van der Waals surface area contributed by atoms with E-state index in [0.29, 0.717) is 25.9 Å². The van der Waals surface area contributed by atoms with E-state index in [0.717, 1.165) is 0 Å². The molecule has 0 aromatic carbocycles. The van der Waals surface area contributed by atoms with Crippen LogP contribution in [0, 0.1) is 5.92 Å². The first-order valence-electron chi connectivity index (χ1n) is 5.36. The summed E-state index contributed by atoms with van der Waals surface area (Å²) >= 11 is 0. The summed E-state index contributed by atoms with van der Waals surface area (Å²) in [7, 11) is 1.92. The zero-order valence-electron chi connectivity index (χ0n) is 9.86. The van der Waals surface area contributed by atoms with E-state index in [2.05, 4.69) is 0 Å². The van der Waals surface area contributed by atoms with Crippen molar-refractivity contribution in [3.8, 4) is 0 Å². The largest absolute Gasteiger partial charge is 0.366 e. The molecule has 0 saturated heterocycles. The standard InChI is InChI=1S/C10H19ClO4S/c1-8(7-15-9(2,3)12)6-10(4-5-10)16(11,13)14/h8,12H,4-7H2,1-3H3/t8-/m0/s1. The predicted octanol–water partition coefficient (Wildman–Crippen LogP) is 1.86. The predicted molar refractivity (Wildman–Crippen MR) is 62.8 cm³/mol. The lowest BCUT2D eigenvalue weighted by molar-refractivity contribution is -0.182. The van der Waals surface area contributed by atoms with Crippen molar-refractivity contribution >= 4 is 19.7 Å². The fourth-order valence-electron chi connectivity index (χ4n) is 1.73. The third-order valence-corrected chi connectivity index (χ3v) is 5.36. The van der Waals surface area contributed by atoms with E-state index in [1.807, 2.05) is 6.92 Å². The van der Waals surface area contributed by atoms with E-state index < -0.39 is 19.6 Å². The number of hydrogen-bond acceptors (Lipinski definition) is 4. The molecule has 1 fully saturated rings. The highest BCUT2D eigenvalue weighted by molar-refractivity contribution is 8.15. The molecule has 0 spiro atoms. The molecule has 0 aromatic rings. The summed E-state index contributed by atoms with van der Waals surface area (Å²) in [6.07, 6.45) is 1.76. The minimum atomic E-state index is -3.49. The van der Waals surface area contributed by atoms with Crippen molar-refractivity contribution in [1.82, 2.24) is 0 Å². The van der Waals surface area contributed by atoms with Crippen LogP contribution in [0.1, 0.15) is 40.0 Å². The Kier molecular flexibility index (Phi) is 3.95. The molecule has 0 bridgehead atoms. The first-order valence-corrected chi connectivity index (χ1v) is 7.67. The second kappa shape index (κ2) is 4.44. The zero-order valence-corrected chi connectivity index (χ0v) is 11.4. The molecule has 1 aliphatic rings. The van der Waals surface area contributed by atoms with Crippen LogP contribution >= 0.6 is 10.7 Å². The third-order valence-electron chi connectivity index (χ3n) is 2.77. The molecule has 1 atom stereocenters. The number of halogens is 1. The van der Waals surface area contributed by atoms with Crippen LogP contribution in [0.4, 0.5) is 0 Å². The Balaban J connectivity index is 2.44. The van der Waals surface area contributed by atoms with Crippen LogP contribution < -0.4 is 0 Å². The van der Waals surface area contributed by atoms with Crippen LogP contribution in [0.2, 0.25) is 0 Å². The van der Waals surface area contributed by atoms with Crippen LogP contribution in [-0.4, -0.2) is 30.7 Å². The van der Waals surface area contributed by atoms with Crippen molar-refractivity contribution in [3.63, 3.8) is 0 Å². The molecule has 6 heteroatoms. The van der Waals surface area contributed by atoms with Gasteiger partial charge >= 0.3 is 0 Å². The van der Waals surface area contributed by atoms with Crippen LogP contribution in [0.3, 0.4) is 0 Å². The third kappa shape index (κ3) is 3.87. The average Bonchev–Trinajstić information content (AvgIpc) is 2.79. The molecular weight excluding hydrogens is 252 g/mol. The van der Waals surface area contributed by atoms with Gasteiger partial charge in [0.1, 0.15) is 0 Å². The summed E-state index contributed by atoms with van der Waals surface area (Å²) in [6.45, 7) is 5.32. The van der Waals surface area contributed by atoms with E-state index in [1.165, 1.54) is 0 Å². The first kappa shape index (κ1) is 14.2.